The highest BCUT2D eigenvalue weighted by molar-refractivity contribution is 5.98. The molecule has 27 heavy (non-hydrogen) atoms. The van der Waals surface area contributed by atoms with Gasteiger partial charge in [-0.05, 0) is 62.6 Å². The van der Waals surface area contributed by atoms with Gasteiger partial charge in [-0.2, -0.15) is 0 Å². The average molecular weight is 371 g/mol. The van der Waals surface area contributed by atoms with Crippen molar-refractivity contribution in [2.45, 2.75) is 58.3 Å². The highest BCUT2D eigenvalue weighted by atomic mass is 16.5. The van der Waals surface area contributed by atoms with Crippen molar-refractivity contribution in [2.75, 3.05) is 19.7 Å². The number of piperidine rings is 1. The second-order valence-corrected chi connectivity index (χ2v) is 7.52. The van der Waals surface area contributed by atoms with Crippen molar-refractivity contribution in [1.29, 1.82) is 0 Å². The van der Waals surface area contributed by atoms with E-state index in [1.165, 1.54) is 24.0 Å². The predicted octanol–water partition coefficient (Wildman–Crippen LogP) is 3.33. The Bertz CT molecular complexity index is 704. The van der Waals surface area contributed by atoms with E-state index in [0.717, 1.165) is 18.4 Å². The van der Waals surface area contributed by atoms with Crippen molar-refractivity contribution in [3.05, 3.63) is 34.9 Å². The summed E-state index contributed by atoms with van der Waals surface area (Å²) in [5, 5.41) is 0. The number of ether oxygens (including phenoxy) is 1. The molecule has 0 radical (unpaired) electrons. The highest BCUT2D eigenvalue weighted by Crippen LogP contribution is 2.23. The van der Waals surface area contributed by atoms with Gasteiger partial charge < -0.3 is 9.64 Å². The van der Waals surface area contributed by atoms with E-state index in [2.05, 4.69) is 6.07 Å². The third kappa shape index (κ3) is 4.96. The molecule has 0 saturated carbocycles. The first-order chi connectivity index (χ1) is 13.1. The largest absolute Gasteiger partial charge is 0.466 e. The zero-order valence-electron chi connectivity index (χ0n) is 16.2. The molecule has 1 aliphatic heterocycles. The Hall–Kier alpha value is -2.17. The molecule has 1 aromatic carbocycles. The van der Waals surface area contributed by atoms with Gasteiger partial charge in [-0.15, -0.1) is 0 Å². The van der Waals surface area contributed by atoms with Gasteiger partial charge in [0.2, 0.25) is 5.91 Å². The molecule has 0 spiro atoms. The fourth-order valence-electron chi connectivity index (χ4n) is 4.05. The van der Waals surface area contributed by atoms with Crippen LogP contribution in [0.15, 0.2) is 18.2 Å². The minimum absolute atomic E-state index is 0.00335. The molecular formula is C22H29NO4. The average Bonchev–Trinajstić information content (AvgIpc) is 2.71. The number of esters is 1. The lowest BCUT2D eigenvalue weighted by molar-refractivity contribution is -0.151. The molecule has 5 heteroatoms. The first-order valence-electron chi connectivity index (χ1n) is 10.2. The molecule has 0 atom stereocenters. The van der Waals surface area contributed by atoms with E-state index in [4.69, 9.17) is 4.74 Å². The summed E-state index contributed by atoms with van der Waals surface area (Å²) in [5.74, 6) is -0.222. The Morgan fingerprint density at radius 2 is 1.74 bits per heavy atom. The fourth-order valence-corrected chi connectivity index (χ4v) is 4.05. The maximum Gasteiger partial charge on any atom is 0.309 e. The van der Waals surface area contributed by atoms with Crippen LogP contribution < -0.4 is 0 Å². The number of ketones is 1. The number of carbonyl (C=O) groups is 3. The van der Waals surface area contributed by atoms with E-state index in [1.54, 1.807) is 11.8 Å². The van der Waals surface area contributed by atoms with E-state index >= 15 is 0 Å². The summed E-state index contributed by atoms with van der Waals surface area (Å²) in [7, 11) is 0. The first-order valence-corrected chi connectivity index (χ1v) is 10.2. The van der Waals surface area contributed by atoms with Crippen LogP contribution in [0.2, 0.25) is 0 Å². The molecule has 1 amide bonds. The standard InChI is InChI=1S/C22H29NO4/c1-2-27-22(26)17-11-13-23(14-12-17)21(25)10-9-20(24)19-8-7-16-5-3-4-6-18(16)15-19/h7-8,15,17H,2-6,9-14H2,1H3. The number of fused-ring (bicyclic) bond motifs is 1. The van der Waals surface area contributed by atoms with Crippen molar-refractivity contribution in [3.63, 3.8) is 0 Å². The smallest absolute Gasteiger partial charge is 0.309 e. The Kier molecular flexibility index (Phi) is 6.64. The Balaban J connectivity index is 1.47. The van der Waals surface area contributed by atoms with Crippen LogP contribution in [0.3, 0.4) is 0 Å². The molecule has 1 fully saturated rings. The minimum Gasteiger partial charge on any atom is -0.466 e. The molecular weight excluding hydrogens is 342 g/mol. The summed E-state index contributed by atoms with van der Waals surface area (Å²) in [6.45, 7) is 3.32. The molecule has 0 bridgehead atoms. The van der Waals surface area contributed by atoms with Gasteiger partial charge in [0.15, 0.2) is 5.78 Å². The molecule has 5 nitrogen and oxygen atoms in total. The summed E-state index contributed by atoms with van der Waals surface area (Å²) < 4.78 is 5.06. The Labute approximate surface area is 161 Å². The van der Waals surface area contributed by atoms with E-state index in [9.17, 15) is 14.4 Å². The molecule has 1 saturated heterocycles. The third-order valence-electron chi connectivity index (χ3n) is 5.70. The number of benzene rings is 1. The zero-order valence-corrected chi connectivity index (χ0v) is 16.2. The number of likely N-dealkylation sites (tertiary alicyclic amines) is 1. The monoisotopic (exact) mass is 371 g/mol. The molecule has 0 aromatic heterocycles. The summed E-state index contributed by atoms with van der Waals surface area (Å²) in [4.78, 5) is 38.5. The molecule has 0 N–H and O–H groups in total. The second-order valence-electron chi connectivity index (χ2n) is 7.52. The number of amides is 1. The second kappa shape index (κ2) is 9.16. The van der Waals surface area contributed by atoms with Gasteiger partial charge in [-0.1, -0.05) is 12.1 Å². The minimum atomic E-state index is -0.160. The fraction of sp³-hybridized carbons (Fsp3) is 0.591. The van der Waals surface area contributed by atoms with Crippen molar-refractivity contribution < 1.29 is 19.1 Å². The summed E-state index contributed by atoms with van der Waals surface area (Å²) >= 11 is 0. The van der Waals surface area contributed by atoms with Gasteiger partial charge in [0, 0.05) is 31.5 Å². The van der Waals surface area contributed by atoms with E-state index in [-0.39, 0.29) is 36.4 Å². The normalized spacial score (nSPS) is 17.3. The van der Waals surface area contributed by atoms with Gasteiger partial charge in [0.05, 0.1) is 12.5 Å². The first kappa shape index (κ1) is 19.6. The van der Waals surface area contributed by atoms with Crippen LogP contribution in [0.1, 0.15) is 66.9 Å². The number of Topliss-reactive ketones (excluding diaryl/α,β-unsaturated/α-hetero) is 1. The quantitative estimate of drug-likeness (QED) is 0.568. The Morgan fingerprint density at radius 3 is 2.44 bits per heavy atom. The summed E-state index contributed by atoms with van der Waals surface area (Å²) in [6.07, 6.45) is 6.32. The zero-order chi connectivity index (χ0) is 19.2. The molecule has 146 valence electrons. The van der Waals surface area contributed by atoms with Crippen LogP contribution in [0.4, 0.5) is 0 Å². The van der Waals surface area contributed by atoms with Crippen molar-refractivity contribution in [1.82, 2.24) is 4.90 Å². The highest BCUT2D eigenvalue weighted by Gasteiger charge is 2.28. The number of hydrogen-bond donors (Lipinski definition) is 0. The maximum atomic E-state index is 12.5. The SMILES string of the molecule is CCOC(=O)C1CCN(C(=O)CCC(=O)c2ccc3c(c2)CCCC3)CC1. The van der Waals surface area contributed by atoms with Crippen LogP contribution in [-0.4, -0.2) is 42.3 Å². The van der Waals surface area contributed by atoms with E-state index in [1.807, 2.05) is 12.1 Å². The number of nitrogens with zero attached hydrogens (tertiary/aromatic N) is 1. The Morgan fingerprint density at radius 1 is 1.04 bits per heavy atom. The number of rotatable bonds is 6. The molecule has 2 aliphatic rings. The molecule has 3 rings (SSSR count). The van der Waals surface area contributed by atoms with Gasteiger partial charge in [0.25, 0.3) is 0 Å². The maximum absolute atomic E-state index is 12.5. The van der Waals surface area contributed by atoms with Gasteiger partial charge in [-0.25, -0.2) is 0 Å². The molecule has 1 heterocycles. The topological polar surface area (TPSA) is 63.7 Å². The third-order valence-corrected chi connectivity index (χ3v) is 5.70. The van der Waals surface area contributed by atoms with Crippen LogP contribution in [0.25, 0.3) is 0 Å². The molecule has 1 aromatic rings. The molecule has 1 aliphatic carbocycles. The molecule has 0 unspecified atom stereocenters. The lowest BCUT2D eigenvalue weighted by atomic mass is 9.89. The van der Waals surface area contributed by atoms with Gasteiger partial charge >= 0.3 is 5.97 Å². The number of hydrogen-bond acceptors (Lipinski definition) is 4. The van der Waals surface area contributed by atoms with Crippen molar-refractivity contribution >= 4 is 17.7 Å². The van der Waals surface area contributed by atoms with Crippen LogP contribution in [-0.2, 0) is 27.2 Å². The number of carbonyl (C=O) groups excluding carboxylic acids is 3. The van der Waals surface area contributed by atoms with Gasteiger partial charge in [-0.3, -0.25) is 14.4 Å². The lowest BCUT2D eigenvalue weighted by Gasteiger charge is -2.30. The van der Waals surface area contributed by atoms with Crippen LogP contribution >= 0.6 is 0 Å². The summed E-state index contributed by atoms with van der Waals surface area (Å²) in [6, 6.07) is 6.00. The predicted molar refractivity (Wildman–Crippen MR) is 103 cm³/mol. The van der Waals surface area contributed by atoms with Gasteiger partial charge in [0.1, 0.15) is 0 Å². The summed E-state index contributed by atoms with van der Waals surface area (Å²) in [5.41, 5.74) is 3.38. The van der Waals surface area contributed by atoms with Crippen LogP contribution in [0.5, 0.6) is 0 Å². The lowest BCUT2D eigenvalue weighted by Crippen LogP contribution is -2.40. The van der Waals surface area contributed by atoms with Crippen LogP contribution in [0, 0.1) is 5.92 Å². The van der Waals surface area contributed by atoms with Crippen molar-refractivity contribution in [3.8, 4) is 0 Å². The van der Waals surface area contributed by atoms with Crippen molar-refractivity contribution in [2.24, 2.45) is 5.92 Å². The number of aryl methyl sites for hydroxylation is 2. The van der Waals surface area contributed by atoms with E-state index < -0.39 is 0 Å². The van der Waals surface area contributed by atoms with E-state index in [0.29, 0.717) is 32.5 Å².